The molecule has 0 bridgehead atoms. The van der Waals surface area contributed by atoms with Crippen molar-refractivity contribution >= 4 is 12.0 Å². The van der Waals surface area contributed by atoms with E-state index in [4.69, 9.17) is 0 Å². The van der Waals surface area contributed by atoms with Gasteiger partial charge < -0.3 is 21.1 Å². The van der Waals surface area contributed by atoms with Crippen molar-refractivity contribution in [1.82, 2.24) is 16.0 Å². The maximum atomic E-state index is 11.9. The molecule has 0 saturated heterocycles. The number of carboxylic acid groups (broad SMARTS) is 1. The number of nitrogens with one attached hydrogen (secondary N) is 3. The zero-order valence-electron chi connectivity index (χ0n) is 12.6. The molecular weight excluding hydrogens is 270 g/mol. The molecule has 0 spiro atoms. The Balaban J connectivity index is 1.70. The van der Waals surface area contributed by atoms with Gasteiger partial charge in [-0.15, -0.1) is 0 Å². The number of carbonyl (C=O) groups is 2. The lowest BCUT2D eigenvalue weighted by Crippen LogP contribution is -2.57. The van der Waals surface area contributed by atoms with E-state index >= 15 is 0 Å². The Morgan fingerprint density at radius 3 is 2.29 bits per heavy atom. The standard InChI is InChI=1S/C15H27N3O3/c19-13(20)15(8-3-1-2-4-9-15)18-14(21)17-11-5-10-16-12-6-7-12/h12,16H,1-11H2,(H,19,20)(H2,17,18,21). The molecule has 2 fully saturated rings. The summed E-state index contributed by atoms with van der Waals surface area (Å²) in [7, 11) is 0. The SMILES string of the molecule is O=C(NCCCNC1CC1)NC1(C(=O)O)CCCCCC1. The van der Waals surface area contributed by atoms with Crippen LogP contribution in [-0.2, 0) is 4.79 Å². The number of amides is 2. The number of hydrogen-bond acceptors (Lipinski definition) is 3. The van der Waals surface area contributed by atoms with Crippen molar-refractivity contribution in [2.75, 3.05) is 13.1 Å². The monoisotopic (exact) mass is 297 g/mol. The van der Waals surface area contributed by atoms with Crippen LogP contribution < -0.4 is 16.0 Å². The fourth-order valence-electron chi connectivity index (χ4n) is 2.87. The second-order valence-electron chi connectivity index (χ2n) is 6.26. The second-order valence-corrected chi connectivity index (χ2v) is 6.26. The molecule has 2 aliphatic carbocycles. The average molecular weight is 297 g/mol. The minimum atomic E-state index is -1.08. The van der Waals surface area contributed by atoms with Crippen LogP contribution in [-0.4, -0.2) is 41.8 Å². The molecule has 0 aromatic rings. The summed E-state index contributed by atoms with van der Waals surface area (Å²) in [6, 6.07) is 0.325. The van der Waals surface area contributed by atoms with Gasteiger partial charge in [-0.05, 0) is 38.6 Å². The van der Waals surface area contributed by atoms with E-state index in [-0.39, 0.29) is 6.03 Å². The molecule has 2 aliphatic rings. The molecule has 2 rings (SSSR count). The minimum Gasteiger partial charge on any atom is -0.480 e. The smallest absolute Gasteiger partial charge is 0.329 e. The highest BCUT2D eigenvalue weighted by Gasteiger charge is 2.39. The van der Waals surface area contributed by atoms with Crippen LogP contribution in [0, 0.1) is 0 Å². The van der Waals surface area contributed by atoms with Gasteiger partial charge in [0.1, 0.15) is 5.54 Å². The molecule has 21 heavy (non-hydrogen) atoms. The maximum absolute atomic E-state index is 11.9. The quantitative estimate of drug-likeness (QED) is 0.424. The third-order valence-electron chi connectivity index (χ3n) is 4.37. The summed E-state index contributed by atoms with van der Waals surface area (Å²) in [5, 5.41) is 18.4. The number of urea groups is 1. The molecule has 0 unspecified atom stereocenters. The summed E-state index contributed by atoms with van der Waals surface area (Å²) < 4.78 is 0. The van der Waals surface area contributed by atoms with Crippen LogP contribution in [0.1, 0.15) is 57.8 Å². The largest absolute Gasteiger partial charge is 0.480 e. The van der Waals surface area contributed by atoms with Gasteiger partial charge in [-0.25, -0.2) is 9.59 Å². The van der Waals surface area contributed by atoms with Crippen LogP contribution in [0.25, 0.3) is 0 Å². The van der Waals surface area contributed by atoms with E-state index in [2.05, 4.69) is 16.0 Å². The summed E-state index contributed by atoms with van der Waals surface area (Å²) >= 11 is 0. The number of carbonyl (C=O) groups excluding carboxylic acids is 1. The van der Waals surface area contributed by atoms with Crippen molar-refractivity contribution in [3.63, 3.8) is 0 Å². The van der Waals surface area contributed by atoms with Crippen LogP contribution >= 0.6 is 0 Å². The second kappa shape index (κ2) is 7.64. The van der Waals surface area contributed by atoms with E-state index in [0.717, 1.165) is 38.6 Å². The first-order valence-electron chi connectivity index (χ1n) is 8.15. The van der Waals surface area contributed by atoms with Gasteiger partial charge in [-0.3, -0.25) is 0 Å². The normalized spacial score (nSPS) is 21.3. The molecule has 0 aliphatic heterocycles. The molecule has 6 nitrogen and oxygen atoms in total. The van der Waals surface area contributed by atoms with Gasteiger partial charge in [0.15, 0.2) is 0 Å². The zero-order chi connectivity index (χ0) is 15.1. The maximum Gasteiger partial charge on any atom is 0.329 e. The number of rotatable bonds is 7. The summed E-state index contributed by atoms with van der Waals surface area (Å²) in [5.41, 5.74) is -1.08. The number of aliphatic carboxylic acids is 1. The average Bonchev–Trinajstić information content (AvgIpc) is 3.25. The highest BCUT2D eigenvalue weighted by Crippen LogP contribution is 2.27. The van der Waals surface area contributed by atoms with Crippen molar-refractivity contribution in [3.8, 4) is 0 Å². The molecular formula is C15H27N3O3. The minimum absolute atomic E-state index is 0.356. The van der Waals surface area contributed by atoms with Gasteiger partial charge in [-0.1, -0.05) is 25.7 Å². The van der Waals surface area contributed by atoms with Crippen LogP contribution in [0.4, 0.5) is 4.79 Å². The Bertz CT molecular complexity index is 361. The third kappa shape index (κ3) is 5.19. The van der Waals surface area contributed by atoms with Crippen molar-refractivity contribution in [2.45, 2.75) is 69.4 Å². The van der Waals surface area contributed by atoms with Gasteiger partial charge in [-0.2, -0.15) is 0 Å². The van der Waals surface area contributed by atoms with Gasteiger partial charge in [0.2, 0.25) is 0 Å². The Morgan fingerprint density at radius 2 is 1.71 bits per heavy atom. The Labute approximate surface area is 126 Å². The van der Waals surface area contributed by atoms with Crippen molar-refractivity contribution in [3.05, 3.63) is 0 Å². The van der Waals surface area contributed by atoms with Gasteiger partial charge in [0.05, 0.1) is 0 Å². The van der Waals surface area contributed by atoms with E-state index in [1.54, 1.807) is 0 Å². The number of hydrogen-bond donors (Lipinski definition) is 4. The molecule has 0 radical (unpaired) electrons. The van der Waals surface area contributed by atoms with E-state index < -0.39 is 11.5 Å². The number of carboxylic acids is 1. The lowest BCUT2D eigenvalue weighted by atomic mass is 9.90. The van der Waals surface area contributed by atoms with Gasteiger partial charge in [0.25, 0.3) is 0 Å². The van der Waals surface area contributed by atoms with Crippen LogP contribution in [0.3, 0.4) is 0 Å². The van der Waals surface area contributed by atoms with Crippen molar-refractivity contribution < 1.29 is 14.7 Å². The lowest BCUT2D eigenvalue weighted by molar-refractivity contribution is -0.145. The highest BCUT2D eigenvalue weighted by molar-refractivity contribution is 5.86. The fraction of sp³-hybridized carbons (Fsp3) is 0.867. The van der Waals surface area contributed by atoms with E-state index in [9.17, 15) is 14.7 Å². The predicted octanol–water partition coefficient (Wildman–Crippen LogP) is 1.61. The molecule has 0 aromatic carbocycles. The van der Waals surface area contributed by atoms with Crippen molar-refractivity contribution in [2.24, 2.45) is 0 Å². The van der Waals surface area contributed by atoms with E-state index in [1.165, 1.54) is 12.8 Å². The molecule has 0 aromatic heterocycles. The Hall–Kier alpha value is -1.30. The Morgan fingerprint density at radius 1 is 1.05 bits per heavy atom. The molecule has 4 N–H and O–H groups in total. The fourth-order valence-corrected chi connectivity index (χ4v) is 2.87. The van der Waals surface area contributed by atoms with Crippen LogP contribution in [0.5, 0.6) is 0 Å². The van der Waals surface area contributed by atoms with Gasteiger partial charge >= 0.3 is 12.0 Å². The Kier molecular flexibility index (Phi) is 5.85. The molecule has 0 heterocycles. The summed E-state index contributed by atoms with van der Waals surface area (Å²) in [6.45, 7) is 1.47. The third-order valence-corrected chi connectivity index (χ3v) is 4.37. The first-order valence-corrected chi connectivity index (χ1v) is 8.15. The summed E-state index contributed by atoms with van der Waals surface area (Å²) in [6.07, 6.45) is 8.25. The van der Waals surface area contributed by atoms with Crippen LogP contribution in [0.15, 0.2) is 0 Å². The first kappa shape index (κ1) is 16.1. The molecule has 0 atom stereocenters. The topological polar surface area (TPSA) is 90.5 Å². The zero-order valence-corrected chi connectivity index (χ0v) is 12.6. The highest BCUT2D eigenvalue weighted by atomic mass is 16.4. The molecule has 6 heteroatoms. The van der Waals surface area contributed by atoms with Gasteiger partial charge in [0, 0.05) is 12.6 Å². The van der Waals surface area contributed by atoms with Crippen molar-refractivity contribution in [1.29, 1.82) is 0 Å². The molecule has 120 valence electrons. The predicted molar refractivity (Wildman–Crippen MR) is 80.2 cm³/mol. The van der Waals surface area contributed by atoms with E-state index in [1.807, 2.05) is 0 Å². The summed E-state index contributed by atoms with van der Waals surface area (Å²) in [4.78, 5) is 23.5. The molecule has 2 amide bonds. The first-order chi connectivity index (χ1) is 10.1. The van der Waals surface area contributed by atoms with E-state index in [0.29, 0.717) is 25.4 Å². The van der Waals surface area contributed by atoms with Crippen LogP contribution in [0.2, 0.25) is 0 Å². The summed E-state index contributed by atoms with van der Waals surface area (Å²) in [5.74, 6) is -0.907. The molecule has 2 saturated carbocycles. The lowest BCUT2D eigenvalue weighted by Gasteiger charge is -2.29.